The fourth-order valence-corrected chi connectivity index (χ4v) is 2.78. The van der Waals surface area contributed by atoms with E-state index in [1.54, 1.807) is 0 Å². The highest BCUT2D eigenvalue weighted by atomic mass is 35.5. The number of nitrogens with one attached hydrogen (secondary N) is 1. The predicted octanol–water partition coefficient (Wildman–Crippen LogP) is 2.85. The Morgan fingerprint density at radius 3 is 2.71 bits per heavy atom. The van der Waals surface area contributed by atoms with E-state index in [1.807, 2.05) is 24.3 Å². The summed E-state index contributed by atoms with van der Waals surface area (Å²) in [7, 11) is 2.09. The summed E-state index contributed by atoms with van der Waals surface area (Å²) in [6, 6.07) is 7.86. The van der Waals surface area contributed by atoms with Crippen molar-refractivity contribution in [1.29, 1.82) is 0 Å². The molecule has 0 bridgehead atoms. The van der Waals surface area contributed by atoms with Gasteiger partial charge in [0.15, 0.2) is 0 Å². The molecule has 0 saturated carbocycles. The highest BCUT2D eigenvalue weighted by molar-refractivity contribution is 6.30. The van der Waals surface area contributed by atoms with E-state index in [1.165, 1.54) is 0 Å². The average Bonchev–Trinajstić information content (AvgIpc) is 2.44. The summed E-state index contributed by atoms with van der Waals surface area (Å²) in [4.78, 5) is 2.27. The smallest absolute Gasteiger partial charge is 0.130 e. The summed E-state index contributed by atoms with van der Waals surface area (Å²) in [5.74, 6) is 6.29. The molecule has 0 aromatic heterocycles. The van der Waals surface area contributed by atoms with Gasteiger partial charge in [0.2, 0.25) is 0 Å². The molecule has 3 nitrogen and oxygen atoms in total. The molecule has 0 amide bonds. The Balaban J connectivity index is 1.93. The van der Waals surface area contributed by atoms with Crippen LogP contribution in [0.1, 0.15) is 20.3 Å². The standard InChI is InChI=1S/C17H23ClN2O/c1-13-12-20(3)14(2)11-17(13,21)9-4-10-19-16-7-5-15(18)6-8-16/h5-8,13-14,19,21H,10-12H2,1-3H3. The lowest BCUT2D eigenvalue weighted by Crippen LogP contribution is -2.52. The van der Waals surface area contributed by atoms with Crippen LogP contribution in [0, 0.1) is 17.8 Å². The topological polar surface area (TPSA) is 35.5 Å². The summed E-state index contributed by atoms with van der Waals surface area (Å²) in [6.45, 7) is 5.58. The molecule has 4 heteroatoms. The minimum Gasteiger partial charge on any atom is -0.377 e. The molecular formula is C17H23ClN2O. The molecule has 1 heterocycles. The summed E-state index contributed by atoms with van der Waals surface area (Å²) >= 11 is 5.84. The zero-order chi connectivity index (χ0) is 15.5. The van der Waals surface area contributed by atoms with Crippen molar-refractivity contribution in [2.24, 2.45) is 5.92 Å². The van der Waals surface area contributed by atoms with Gasteiger partial charge in [0.1, 0.15) is 5.60 Å². The van der Waals surface area contributed by atoms with E-state index in [2.05, 4.69) is 43.0 Å². The molecule has 1 aromatic rings. The third-order valence-corrected chi connectivity index (χ3v) is 4.52. The molecule has 114 valence electrons. The van der Waals surface area contributed by atoms with E-state index in [9.17, 15) is 5.11 Å². The number of hydrogen-bond acceptors (Lipinski definition) is 3. The molecule has 2 rings (SSSR count). The Morgan fingerprint density at radius 2 is 2.05 bits per heavy atom. The van der Waals surface area contributed by atoms with Gasteiger partial charge in [-0.25, -0.2) is 0 Å². The van der Waals surface area contributed by atoms with E-state index in [-0.39, 0.29) is 5.92 Å². The highest BCUT2D eigenvalue weighted by Crippen LogP contribution is 2.30. The van der Waals surface area contributed by atoms with Crippen LogP contribution in [0.2, 0.25) is 5.02 Å². The molecule has 2 N–H and O–H groups in total. The van der Waals surface area contributed by atoms with Crippen LogP contribution in [0.25, 0.3) is 0 Å². The molecule has 0 spiro atoms. The zero-order valence-corrected chi connectivity index (χ0v) is 13.6. The maximum Gasteiger partial charge on any atom is 0.130 e. The predicted molar refractivity (Wildman–Crippen MR) is 88.5 cm³/mol. The van der Waals surface area contributed by atoms with Gasteiger partial charge in [-0.05, 0) is 38.2 Å². The van der Waals surface area contributed by atoms with Crippen LogP contribution in [-0.2, 0) is 0 Å². The van der Waals surface area contributed by atoms with E-state index in [0.29, 0.717) is 19.0 Å². The molecule has 21 heavy (non-hydrogen) atoms. The molecule has 1 aliphatic heterocycles. The van der Waals surface area contributed by atoms with Crippen LogP contribution in [0.15, 0.2) is 24.3 Å². The summed E-state index contributed by atoms with van der Waals surface area (Å²) in [6.07, 6.45) is 0.693. The third-order valence-electron chi connectivity index (χ3n) is 4.27. The average molecular weight is 307 g/mol. The van der Waals surface area contributed by atoms with E-state index >= 15 is 0 Å². The van der Waals surface area contributed by atoms with Crippen molar-refractivity contribution in [2.45, 2.75) is 31.9 Å². The van der Waals surface area contributed by atoms with Gasteiger partial charge in [-0.2, -0.15) is 0 Å². The molecule has 1 fully saturated rings. The number of halogens is 1. The van der Waals surface area contributed by atoms with Gasteiger partial charge < -0.3 is 15.3 Å². The first-order chi connectivity index (χ1) is 9.90. The van der Waals surface area contributed by atoms with Crippen molar-refractivity contribution in [3.8, 4) is 11.8 Å². The number of likely N-dealkylation sites (tertiary alicyclic amines) is 1. The molecule has 0 radical (unpaired) electrons. The van der Waals surface area contributed by atoms with Gasteiger partial charge in [0.25, 0.3) is 0 Å². The molecule has 1 aliphatic rings. The van der Waals surface area contributed by atoms with E-state index in [0.717, 1.165) is 17.3 Å². The van der Waals surface area contributed by atoms with Gasteiger partial charge in [-0.1, -0.05) is 30.4 Å². The third kappa shape index (κ3) is 4.14. The van der Waals surface area contributed by atoms with Gasteiger partial charge in [0.05, 0.1) is 6.54 Å². The second-order valence-electron chi connectivity index (χ2n) is 5.98. The Kier molecular flexibility index (Phi) is 5.16. The van der Waals surface area contributed by atoms with Crippen molar-refractivity contribution < 1.29 is 5.11 Å². The Labute approximate surface area is 132 Å². The number of aliphatic hydroxyl groups is 1. The number of nitrogens with zero attached hydrogens (tertiary/aromatic N) is 1. The van der Waals surface area contributed by atoms with Crippen molar-refractivity contribution in [2.75, 3.05) is 25.5 Å². The largest absolute Gasteiger partial charge is 0.377 e. The van der Waals surface area contributed by atoms with Crippen molar-refractivity contribution in [3.63, 3.8) is 0 Å². The second-order valence-corrected chi connectivity index (χ2v) is 6.42. The highest BCUT2D eigenvalue weighted by Gasteiger charge is 2.39. The number of rotatable bonds is 2. The SMILES string of the molecule is CC1CC(O)(C#CCNc2ccc(Cl)cc2)C(C)CN1C. The van der Waals surface area contributed by atoms with Gasteiger partial charge in [0, 0.05) is 35.6 Å². The maximum absolute atomic E-state index is 10.7. The Hall–Kier alpha value is -1.21. The van der Waals surface area contributed by atoms with Crippen LogP contribution in [0.4, 0.5) is 5.69 Å². The fourth-order valence-electron chi connectivity index (χ4n) is 2.66. The van der Waals surface area contributed by atoms with Crippen LogP contribution >= 0.6 is 11.6 Å². The zero-order valence-electron chi connectivity index (χ0n) is 12.9. The number of anilines is 1. The van der Waals surface area contributed by atoms with Crippen molar-refractivity contribution >= 4 is 17.3 Å². The Bertz CT molecular complexity index is 534. The quantitative estimate of drug-likeness (QED) is 0.825. The van der Waals surface area contributed by atoms with E-state index in [4.69, 9.17) is 11.6 Å². The Morgan fingerprint density at radius 1 is 1.38 bits per heavy atom. The molecule has 3 unspecified atom stereocenters. The summed E-state index contributed by atoms with van der Waals surface area (Å²) in [5, 5.41) is 14.6. The monoisotopic (exact) mass is 306 g/mol. The van der Waals surface area contributed by atoms with Crippen LogP contribution < -0.4 is 5.32 Å². The lowest BCUT2D eigenvalue weighted by molar-refractivity contribution is -0.0347. The van der Waals surface area contributed by atoms with Crippen LogP contribution in [0.5, 0.6) is 0 Å². The molecule has 0 aliphatic carbocycles. The minimum atomic E-state index is -0.881. The summed E-state index contributed by atoms with van der Waals surface area (Å²) < 4.78 is 0. The first-order valence-corrected chi connectivity index (χ1v) is 7.70. The lowest BCUT2D eigenvalue weighted by Gasteiger charge is -2.42. The normalized spacial score (nSPS) is 29.6. The first kappa shape index (κ1) is 16.2. The lowest BCUT2D eigenvalue weighted by atomic mass is 9.79. The molecular weight excluding hydrogens is 284 g/mol. The van der Waals surface area contributed by atoms with Crippen LogP contribution in [-0.4, -0.2) is 41.8 Å². The molecule has 1 saturated heterocycles. The maximum atomic E-state index is 10.7. The number of piperidine rings is 1. The second kappa shape index (κ2) is 6.70. The fraction of sp³-hybridized carbons (Fsp3) is 0.529. The van der Waals surface area contributed by atoms with Gasteiger partial charge >= 0.3 is 0 Å². The van der Waals surface area contributed by atoms with Crippen molar-refractivity contribution in [3.05, 3.63) is 29.3 Å². The number of benzene rings is 1. The van der Waals surface area contributed by atoms with Gasteiger partial charge in [-0.3, -0.25) is 0 Å². The first-order valence-electron chi connectivity index (χ1n) is 7.33. The molecule has 3 atom stereocenters. The minimum absolute atomic E-state index is 0.154. The number of hydrogen-bond donors (Lipinski definition) is 2. The molecule has 1 aromatic carbocycles. The summed E-state index contributed by atoms with van der Waals surface area (Å²) in [5.41, 5.74) is 0.0960. The van der Waals surface area contributed by atoms with Gasteiger partial charge in [-0.15, -0.1) is 0 Å². The van der Waals surface area contributed by atoms with Crippen molar-refractivity contribution in [1.82, 2.24) is 4.90 Å². The van der Waals surface area contributed by atoms with E-state index < -0.39 is 5.60 Å². The van der Waals surface area contributed by atoms with Crippen LogP contribution in [0.3, 0.4) is 0 Å².